The van der Waals surface area contributed by atoms with Crippen molar-refractivity contribution >= 4 is 25.8 Å². The molecule has 0 spiro atoms. The Hall–Kier alpha value is -2.45. The Labute approximate surface area is 195 Å². The number of fused-ring (bicyclic) bond motifs is 1. The average molecular weight is 524 g/mol. The molecule has 0 bridgehead atoms. The number of carbonyl (C=O) groups excluding carboxylic acids is 1. The standard InChI is InChI=1S/C20H24F3N3O6S2/c1-4-32-19(27)12-26-18-7-5-6-17(16(18)11-24-26)25(2)34(30,31)15-9-13(20(21,22)23)8-14(10-15)33(3,28)29/h8-11,17H,4-7,12H2,1-3H3/t17-/m1/s1. The summed E-state index contributed by atoms with van der Waals surface area (Å²) in [5.74, 6) is -0.506. The van der Waals surface area contributed by atoms with E-state index in [1.54, 1.807) is 6.92 Å². The third-order valence-electron chi connectivity index (χ3n) is 5.57. The Morgan fingerprint density at radius 2 is 1.85 bits per heavy atom. The maximum atomic E-state index is 13.4. The topological polar surface area (TPSA) is 116 Å². The molecule has 0 saturated heterocycles. The number of alkyl halides is 3. The van der Waals surface area contributed by atoms with E-state index in [0.29, 0.717) is 48.9 Å². The smallest absolute Gasteiger partial charge is 0.416 e. The SMILES string of the molecule is CCOC(=O)Cn1ncc2c1CCC[C@H]2N(C)S(=O)(=O)c1cc(C(F)(F)F)cc(S(C)(=O)=O)c1. The van der Waals surface area contributed by atoms with Crippen molar-refractivity contribution in [3.05, 3.63) is 41.2 Å². The normalized spacial score (nSPS) is 17.0. The van der Waals surface area contributed by atoms with Gasteiger partial charge in [-0.2, -0.15) is 22.6 Å². The van der Waals surface area contributed by atoms with Crippen molar-refractivity contribution in [1.82, 2.24) is 14.1 Å². The number of ether oxygens (including phenoxy) is 1. The molecule has 1 aliphatic rings. The molecule has 0 amide bonds. The van der Waals surface area contributed by atoms with Crippen LogP contribution in [0.25, 0.3) is 0 Å². The molecule has 9 nitrogen and oxygen atoms in total. The molecule has 2 aromatic rings. The van der Waals surface area contributed by atoms with Gasteiger partial charge in [0.25, 0.3) is 0 Å². The molecule has 0 radical (unpaired) electrons. The average Bonchev–Trinajstić information content (AvgIpc) is 3.14. The van der Waals surface area contributed by atoms with Gasteiger partial charge in [0, 0.05) is 24.6 Å². The quantitative estimate of drug-likeness (QED) is 0.512. The molecule has 0 saturated carbocycles. The van der Waals surface area contributed by atoms with Gasteiger partial charge in [0.15, 0.2) is 9.84 Å². The number of sulfone groups is 1. The van der Waals surface area contributed by atoms with E-state index >= 15 is 0 Å². The van der Waals surface area contributed by atoms with E-state index in [2.05, 4.69) is 5.10 Å². The van der Waals surface area contributed by atoms with Crippen LogP contribution >= 0.6 is 0 Å². The van der Waals surface area contributed by atoms with Crippen molar-refractivity contribution in [3.63, 3.8) is 0 Å². The van der Waals surface area contributed by atoms with Gasteiger partial charge in [-0.25, -0.2) is 16.8 Å². The van der Waals surface area contributed by atoms with Gasteiger partial charge in [-0.3, -0.25) is 9.48 Å². The highest BCUT2D eigenvalue weighted by Gasteiger charge is 2.37. The predicted molar refractivity (Wildman–Crippen MR) is 114 cm³/mol. The minimum atomic E-state index is -4.95. The van der Waals surface area contributed by atoms with Crippen LogP contribution in [0.15, 0.2) is 34.2 Å². The number of carbonyl (C=O) groups is 1. The van der Waals surface area contributed by atoms with Crippen molar-refractivity contribution < 1.29 is 39.5 Å². The van der Waals surface area contributed by atoms with Crippen LogP contribution in [0.2, 0.25) is 0 Å². The summed E-state index contributed by atoms with van der Waals surface area (Å²) < 4.78 is 98.0. The van der Waals surface area contributed by atoms with Crippen LogP contribution < -0.4 is 0 Å². The molecule has 0 aliphatic heterocycles. The number of rotatable bonds is 7. The van der Waals surface area contributed by atoms with E-state index in [1.165, 1.54) is 17.9 Å². The molecule has 1 aromatic carbocycles. The Morgan fingerprint density at radius 3 is 2.44 bits per heavy atom. The number of aromatic nitrogens is 2. The van der Waals surface area contributed by atoms with Gasteiger partial charge in [-0.15, -0.1) is 0 Å². The van der Waals surface area contributed by atoms with E-state index < -0.39 is 53.4 Å². The summed E-state index contributed by atoms with van der Waals surface area (Å²) in [5, 5.41) is 4.17. The van der Waals surface area contributed by atoms with Gasteiger partial charge in [-0.05, 0) is 44.4 Å². The van der Waals surface area contributed by atoms with Crippen LogP contribution in [0, 0.1) is 0 Å². The molecular weight excluding hydrogens is 499 g/mol. The first-order valence-electron chi connectivity index (χ1n) is 10.3. The number of benzene rings is 1. The summed E-state index contributed by atoms with van der Waals surface area (Å²) in [4.78, 5) is 10.3. The molecule has 1 aromatic heterocycles. The molecule has 0 N–H and O–H groups in total. The second-order valence-electron chi connectivity index (χ2n) is 7.90. The zero-order chi connectivity index (χ0) is 25.5. The molecule has 1 heterocycles. The molecule has 34 heavy (non-hydrogen) atoms. The second-order valence-corrected chi connectivity index (χ2v) is 11.9. The number of esters is 1. The van der Waals surface area contributed by atoms with Crippen LogP contribution in [0.5, 0.6) is 0 Å². The largest absolute Gasteiger partial charge is 0.465 e. The van der Waals surface area contributed by atoms with Gasteiger partial charge < -0.3 is 4.74 Å². The van der Waals surface area contributed by atoms with Crippen molar-refractivity contribution in [1.29, 1.82) is 0 Å². The van der Waals surface area contributed by atoms with E-state index in [1.807, 2.05) is 0 Å². The van der Waals surface area contributed by atoms with Gasteiger partial charge in [0.05, 0.1) is 34.2 Å². The summed E-state index contributed by atoms with van der Waals surface area (Å²) >= 11 is 0. The monoisotopic (exact) mass is 523 g/mol. The lowest BCUT2D eigenvalue weighted by Gasteiger charge is -2.31. The number of hydrogen-bond acceptors (Lipinski definition) is 7. The maximum Gasteiger partial charge on any atom is 0.416 e. The summed E-state index contributed by atoms with van der Waals surface area (Å²) in [5.41, 5.74) is -0.224. The summed E-state index contributed by atoms with van der Waals surface area (Å²) in [6, 6.07) is 0.798. The van der Waals surface area contributed by atoms with Crippen molar-refractivity contribution in [3.8, 4) is 0 Å². The molecule has 188 valence electrons. The Balaban J connectivity index is 2.03. The highest BCUT2D eigenvalue weighted by molar-refractivity contribution is 7.91. The molecule has 3 rings (SSSR count). The highest BCUT2D eigenvalue weighted by Crippen LogP contribution is 2.38. The molecule has 1 aliphatic carbocycles. The van der Waals surface area contributed by atoms with Gasteiger partial charge in [0.2, 0.25) is 10.0 Å². The first-order chi connectivity index (χ1) is 15.7. The van der Waals surface area contributed by atoms with Gasteiger partial charge >= 0.3 is 12.1 Å². The van der Waals surface area contributed by atoms with Gasteiger partial charge in [0.1, 0.15) is 6.54 Å². The van der Waals surface area contributed by atoms with Crippen LogP contribution in [0.4, 0.5) is 13.2 Å². The Morgan fingerprint density at radius 1 is 1.21 bits per heavy atom. The zero-order valence-electron chi connectivity index (χ0n) is 18.7. The number of nitrogens with zero attached hydrogens (tertiary/aromatic N) is 3. The van der Waals surface area contributed by atoms with Crippen molar-refractivity contribution in [2.45, 2.75) is 54.7 Å². The lowest BCUT2D eigenvalue weighted by atomic mass is 9.93. The molecule has 1 atom stereocenters. The van der Waals surface area contributed by atoms with Crippen LogP contribution in [-0.4, -0.2) is 56.8 Å². The Kier molecular flexibility index (Phi) is 7.16. The zero-order valence-corrected chi connectivity index (χ0v) is 20.3. The number of hydrogen-bond donors (Lipinski definition) is 0. The third-order valence-corrected chi connectivity index (χ3v) is 8.50. The summed E-state index contributed by atoms with van der Waals surface area (Å²) in [7, 11) is -7.43. The van der Waals surface area contributed by atoms with Crippen LogP contribution in [-0.2, 0) is 48.5 Å². The van der Waals surface area contributed by atoms with E-state index in [4.69, 9.17) is 4.74 Å². The molecule has 0 fully saturated rings. The summed E-state index contributed by atoms with van der Waals surface area (Å²) in [6.07, 6.45) is -1.38. The third kappa shape index (κ3) is 5.28. The fourth-order valence-electron chi connectivity index (χ4n) is 3.87. The Bertz CT molecular complexity index is 1300. The minimum Gasteiger partial charge on any atom is -0.465 e. The fraction of sp³-hybridized carbons (Fsp3) is 0.500. The number of sulfonamides is 1. The van der Waals surface area contributed by atoms with Crippen molar-refractivity contribution in [2.75, 3.05) is 19.9 Å². The minimum absolute atomic E-state index is 0.155. The first kappa shape index (κ1) is 26.2. The lowest BCUT2D eigenvalue weighted by molar-refractivity contribution is -0.144. The van der Waals surface area contributed by atoms with E-state index in [9.17, 15) is 34.8 Å². The first-order valence-corrected chi connectivity index (χ1v) is 13.6. The number of halogens is 3. The fourth-order valence-corrected chi connectivity index (χ4v) is 6.07. The predicted octanol–water partition coefficient (Wildman–Crippen LogP) is 2.57. The summed E-state index contributed by atoms with van der Waals surface area (Å²) in [6.45, 7) is 1.70. The van der Waals surface area contributed by atoms with Crippen LogP contribution in [0.1, 0.15) is 42.6 Å². The molecular formula is C20H24F3N3O6S2. The van der Waals surface area contributed by atoms with E-state index in [0.717, 1.165) is 10.4 Å². The van der Waals surface area contributed by atoms with Crippen molar-refractivity contribution in [2.24, 2.45) is 0 Å². The van der Waals surface area contributed by atoms with Crippen LogP contribution in [0.3, 0.4) is 0 Å². The van der Waals surface area contributed by atoms with Gasteiger partial charge in [-0.1, -0.05) is 0 Å². The van der Waals surface area contributed by atoms with E-state index in [-0.39, 0.29) is 13.2 Å². The molecule has 14 heteroatoms. The lowest BCUT2D eigenvalue weighted by Crippen LogP contribution is -2.34. The molecule has 0 unspecified atom stereocenters. The maximum absolute atomic E-state index is 13.4. The second kappa shape index (κ2) is 9.30. The highest BCUT2D eigenvalue weighted by atomic mass is 32.2.